The number of nitrogens with zero attached hydrogens (tertiary/aromatic N) is 1. The van der Waals surface area contributed by atoms with Crippen molar-refractivity contribution in [3.05, 3.63) is 53.2 Å². The van der Waals surface area contributed by atoms with E-state index < -0.39 is 0 Å². The molecule has 1 aromatic carbocycles. The molecule has 3 nitrogen and oxygen atoms in total. The van der Waals surface area contributed by atoms with Crippen molar-refractivity contribution in [1.82, 2.24) is 10.5 Å². The van der Waals surface area contributed by atoms with Crippen molar-refractivity contribution in [1.29, 1.82) is 0 Å². The van der Waals surface area contributed by atoms with Gasteiger partial charge in [0.05, 0.1) is 5.12 Å². The van der Waals surface area contributed by atoms with Crippen molar-refractivity contribution < 1.29 is 0 Å². The molecular weight excluding hydrogens is 186 g/mol. The van der Waals surface area contributed by atoms with E-state index in [4.69, 9.17) is 5.84 Å². The first-order chi connectivity index (χ1) is 7.34. The van der Waals surface area contributed by atoms with Crippen LogP contribution in [0.2, 0.25) is 0 Å². The van der Waals surface area contributed by atoms with Gasteiger partial charge in [-0.3, -0.25) is 0 Å². The quantitative estimate of drug-likeness (QED) is 0.490. The maximum atomic E-state index is 5.70. The second-order valence-electron chi connectivity index (χ2n) is 3.89. The number of hydrogen-bond donors (Lipinski definition) is 2. The highest BCUT2D eigenvalue weighted by Crippen LogP contribution is 2.31. The van der Waals surface area contributed by atoms with Crippen LogP contribution in [0.1, 0.15) is 17.5 Å². The molecule has 0 bridgehead atoms. The Balaban J connectivity index is 2.14. The predicted octanol–water partition coefficient (Wildman–Crippen LogP) is 1.39. The molecular formula is C12H13N3+. The second-order valence-corrected chi connectivity index (χ2v) is 3.89. The number of allylic oxidation sites excluding steroid dienone is 2. The molecule has 75 valence electrons. The van der Waals surface area contributed by atoms with Crippen molar-refractivity contribution in [2.75, 3.05) is 0 Å². The Hall–Kier alpha value is -1.58. The van der Waals surface area contributed by atoms with Crippen molar-refractivity contribution >= 4 is 5.70 Å². The summed E-state index contributed by atoms with van der Waals surface area (Å²) in [5, 5.41) is 1.50. The minimum Gasteiger partial charge on any atom is -0.160 e. The summed E-state index contributed by atoms with van der Waals surface area (Å²) in [7, 11) is 0. The van der Waals surface area contributed by atoms with Gasteiger partial charge in [0.15, 0.2) is 6.20 Å². The molecule has 0 saturated heterocycles. The summed E-state index contributed by atoms with van der Waals surface area (Å²) in [5.74, 6) is 5.70. The number of hydrazine groups is 2. The van der Waals surface area contributed by atoms with Crippen LogP contribution in [0.15, 0.2) is 42.1 Å². The first-order valence-corrected chi connectivity index (χ1v) is 5.15. The lowest BCUT2D eigenvalue weighted by atomic mass is 9.89. The standard InChI is InChI=1S/C12H13N3/c13-15-8-7-10-6-5-9-3-1-2-4-11(9)12(10)14-15/h1-4,7-8,14H,5-6,13H2/q+1. The third-order valence-electron chi connectivity index (χ3n) is 2.95. The maximum absolute atomic E-state index is 5.70. The van der Waals surface area contributed by atoms with Crippen LogP contribution in [0.3, 0.4) is 0 Å². The van der Waals surface area contributed by atoms with Gasteiger partial charge in [0.25, 0.3) is 0 Å². The van der Waals surface area contributed by atoms with Gasteiger partial charge in [-0.1, -0.05) is 30.1 Å². The highest BCUT2D eigenvalue weighted by molar-refractivity contribution is 5.74. The molecule has 0 fully saturated rings. The van der Waals surface area contributed by atoms with E-state index in [0.29, 0.717) is 0 Å². The van der Waals surface area contributed by atoms with Crippen molar-refractivity contribution in [2.45, 2.75) is 12.8 Å². The third-order valence-corrected chi connectivity index (χ3v) is 2.95. The number of nitrogens with two attached hydrogens (primary N) is 1. The molecule has 0 amide bonds. The summed E-state index contributed by atoms with van der Waals surface area (Å²) in [6.45, 7) is 0. The molecule has 1 radical (unpaired) electrons. The van der Waals surface area contributed by atoms with E-state index in [1.807, 2.05) is 6.20 Å². The van der Waals surface area contributed by atoms with E-state index in [2.05, 4.69) is 35.8 Å². The molecule has 0 atom stereocenters. The average Bonchev–Trinajstić information content (AvgIpc) is 2.29. The second kappa shape index (κ2) is 3.22. The lowest BCUT2D eigenvalue weighted by Gasteiger charge is -2.23. The Morgan fingerprint density at radius 1 is 1.20 bits per heavy atom. The number of hydrogen-bond acceptors (Lipinski definition) is 3. The summed E-state index contributed by atoms with van der Waals surface area (Å²) in [6.07, 6.45) is 6.14. The molecule has 0 unspecified atom stereocenters. The molecule has 1 aliphatic carbocycles. The van der Waals surface area contributed by atoms with Crippen LogP contribution in [0, 0.1) is 0 Å². The van der Waals surface area contributed by atoms with Gasteiger partial charge in [-0.2, -0.15) is 5.43 Å². The summed E-state index contributed by atoms with van der Waals surface area (Å²) in [5.41, 5.74) is 8.35. The van der Waals surface area contributed by atoms with Crippen LogP contribution in [-0.4, -0.2) is 0 Å². The Labute approximate surface area is 88.8 Å². The normalized spacial score (nSPS) is 19.5. The van der Waals surface area contributed by atoms with E-state index in [1.165, 1.54) is 21.8 Å². The minimum atomic E-state index is 1.09. The fourth-order valence-electron chi connectivity index (χ4n) is 2.18. The van der Waals surface area contributed by atoms with Crippen LogP contribution in [0.25, 0.3) is 5.70 Å². The predicted molar refractivity (Wildman–Crippen MR) is 60.3 cm³/mol. The van der Waals surface area contributed by atoms with E-state index >= 15 is 0 Å². The molecule has 3 rings (SSSR count). The van der Waals surface area contributed by atoms with Crippen LogP contribution < -0.4 is 16.4 Å². The molecule has 2 aliphatic rings. The van der Waals surface area contributed by atoms with Crippen LogP contribution in [0.4, 0.5) is 0 Å². The SMILES string of the molecule is N[N+]1C=CC2=C(N1)c1ccccc1CC2. The molecule has 0 aromatic heterocycles. The number of benzene rings is 1. The topological polar surface area (TPSA) is 44.0 Å². The fourth-order valence-corrected chi connectivity index (χ4v) is 2.18. The highest BCUT2D eigenvalue weighted by Gasteiger charge is 2.24. The maximum Gasteiger partial charge on any atom is 0.199 e. The molecule has 1 aromatic rings. The highest BCUT2D eigenvalue weighted by atomic mass is 15.7. The molecule has 0 spiro atoms. The van der Waals surface area contributed by atoms with Crippen molar-refractivity contribution in [3.8, 4) is 0 Å². The van der Waals surface area contributed by atoms with Crippen molar-refractivity contribution in [2.24, 2.45) is 5.84 Å². The van der Waals surface area contributed by atoms with Gasteiger partial charge in [0.1, 0.15) is 5.70 Å². The summed E-state index contributed by atoms with van der Waals surface area (Å²) in [4.78, 5) is 0. The Morgan fingerprint density at radius 2 is 2.07 bits per heavy atom. The zero-order valence-electron chi connectivity index (χ0n) is 8.40. The van der Waals surface area contributed by atoms with Gasteiger partial charge in [-0.15, -0.1) is 0 Å². The lowest BCUT2D eigenvalue weighted by molar-refractivity contribution is 0.480. The van der Waals surface area contributed by atoms with Crippen LogP contribution in [-0.2, 0) is 6.42 Å². The smallest absolute Gasteiger partial charge is 0.160 e. The number of aryl methyl sites for hydroxylation is 1. The largest absolute Gasteiger partial charge is 0.199 e. The van der Waals surface area contributed by atoms with Gasteiger partial charge in [0, 0.05) is 11.6 Å². The Morgan fingerprint density at radius 3 is 3.00 bits per heavy atom. The minimum absolute atomic E-state index is 1.09. The average molecular weight is 199 g/mol. The summed E-state index contributed by atoms with van der Waals surface area (Å²) < 4.78 is 0. The molecule has 15 heavy (non-hydrogen) atoms. The van der Waals surface area contributed by atoms with Crippen molar-refractivity contribution in [3.63, 3.8) is 0 Å². The van der Waals surface area contributed by atoms with Gasteiger partial charge in [-0.25, -0.2) is 0 Å². The molecule has 1 aliphatic heterocycles. The molecule has 1 heterocycles. The Kier molecular flexibility index (Phi) is 1.87. The summed E-state index contributed by atoms with van der Waals surface area (Å²) >= 11 is 0. The van der Waals surface area contributed by atoms with E-state index in [-0.39, 0.29) is 0 Å². The fraction of sp³-hybridized carbons (Fsp3) is 0.167. The zero-order valence-corrected chi connectivity index (χ0v) is 8.40. The monoisotopic (exact) mass is 199 g/mol. The van der Waals surface area contributed by atoms with Gasteiger partial charge < -0.3 is 0 Å². The zero-order chi connectivity index (χ0) is 10.3. The van der Waals surface area contributed by atoms with Crippen LogP contribution >= 0.6 is 0 Å². The summed E-state index contributed by atoms with van der Waals surface area (Å²) in [6, 6.07) is 8.47. The van der Waals surface area contributed by atoms with Gasteiger partial charge >= 0.3 is 0 Å². The first kappa shape index (κ1) is 8.71. The van der Waals surface area contributed by atoms with Crippen LogP contribution in [0.5, 0.6) is 0 Å². The van der Waals surface area contributed by atoms with E-state index in [9.17, 15) is 0 Å². The third kappa shape index (κ3) is 1.37. The first-order valence-electron chi connectivity index (χ1n) is 5.15. The van der Waals surface area contributed by atoms with E-state index in [0.717, 1.165) is 18.5 Å². The van der Waals surface area contributed by atoms with Gasteiger partial charge in [0.2, 0.25) is 0 Å². The number of rotatable bonds is 0. The number of nitrogens with one attached hydrogen (secondary N) is 1. The molecule has 3 N–H and O–H groups in total. The molecule has 0 saturated carbocycles. The molecule has 3 heteroatoms. The Bertz CT molecular complexity index is 460. The van der Waals surface area contributed by atoms with E-state index in [1.54, 1.807) is 0 Å². The lowest BCUT2D eigenvalue weighted by Crippen LogP contribution is -2.46. The number of fused-ring (bicyclic) bond motifs is 2. The van der Waals surface area contributed by atoms with Gasteiger partial charge in [-0.05, 0) is 24.0 Å².